The van der Waals surface area contributed by atoms with Crippen LogP contribution in [0.15, 0.2) is 0 Å². The first kappa shape index (κ1) is 15.0. The van der Waals surface area contributed by atoms with Gasteiger partial charge in [0.25, 0.3) is 5.91 Å². The number of methoxy groups -OCH3 is 1. The number of anilines is 2. The van der Waals surface area contributed by atoms with Crippen molar-refractivity contribution in [1.29, 1.82) is 0 Å². The molecule has 20 heavy (non-hydrogen) atoms. The van der Waals surface area contributed by atoms with Crippen LogP contribution in [0.1, 0.15) is 42.8 Å². The van der Waals surface area contributed by atoms with Crippen molar-refractivity contribution in [2.45, 2.75) is 33.1 Å². The lowest BCUT2D eigenvalue weighted by molar-refractivity contribution is 0.0960. The summed E-state index contributed by atoms with van der Waals surface area (Å²) >= 11 is 1.36. The third kappa shape index (κ3) is 2.85. The summed E-state index contributed by atoms with van der Waals surface area (Å²) in [5.74, 6) is 0.445. The van der Waals surface area contributed by atoms with Crippen molar-refractivity contribution < 1.29 is 9.53 Å². The number of ether oxygens (including phenoxy) is 1. The molecular weight excluding hydrogens is 274 g/mol. The molecule has 0 radical (unpaired) electrons. The highest BCUT2D eigenvalue weighted by Crippen LogP contribution is 2.50. The second-order valence-corrected chi connectivity index (χ2v) is 6.29. The number of carbonyl (C=O) groups is 1. The summed E-state index contributed by atoms with van der Waals surface area (Å²) in [6.45, 7) is 5.60. The highest BCUT2D eigenvalue weighted by molar-refractivity contribution is 7.19. The number of hydrogen-bond acceptors (Lipinski definition) is 5. The number of carbonyl (C=O) groups excluding carboxylic acids is 1. The minimum absolute atomic E-state index is 0.141. The van der Waals surface area contributed by atoms with Gasteiger partial charge in [-0.15, -0.1) is 11.3 Å². The average molecular weight is 297 g/mol. The van der Waals surface area contributed by atoms with E-state index in [0.29, 0.717) is 28.3 Å². The van der Waals surface area contributed by atoms with Gasteiger partial charge < -0.3 is 21.1 Å². The second-order valence-electron chi connectivity index (χ2n) is 5.27. The molecule has 4 N–H and O–H groups in total. The minimum Gasteiger partial charge on any atom is -0.492 e. The van der Waals surface area contributed by atoms with Gasteiger partial charge >= 0.3 is 0 Å². The van der Waals surface area contributed by atoms with Crippen molar-refractivity contribution in [1.82, 2.24) is 5.32 Å². The number of thiophene rings is 1. The van der Waals surface area contributed by atoms with E-state index >= 15 is 0 Å². The topological polar surface area (TPSA) is 76.4 Å². The van der Waals surface area contributed by atoms with Crippen LogP contribution in [0.3, 0.4) is 0 Å². The molecule has 0 aliphatic heterocycles. The number of hydrogen-bond donors (Lipinski definition) is 3. The van der Waals surface area contributed by atoms with Crippen LogP contribution >= 0.6 is 11.3 Å². The van der Waals surface area contributed by atoms with E-state index < -0.39 is 0 Å². The molecule has 1 fully saturated rings. The zero-order chi connectivity index (χ0) is 14.8. The molecular formula is C14H23N3O2S. The van der Waals surface area contributed by atoms with Gasteiger partial charge in [-0.1, -0.05) is 6.92 Å². The summed E-state index contributed by atoms with van der Waals surface area (Å²) in [6.07, 6.45) is 3.71. The van der Waals surface area contributed by atoms with E-state index in [0.717, 1.165) is 11.5 Å². The lowest BCUT2D eigenvalue weighted by Crippen LogP contribution is -2.22. The Labute approximate surface area is 123 Å². The van der Waals surface area contributed by atoms with Crippen LogP contribution in [-0.2, 0) is 0 Å². The monoisotopic (exact) mass is 297 g/mol. The normalized spacial score (nSPS) is 15.8. The molecule has 112 valence electrons. The molecule has 0 bridgehead atoms. The molecule has 5 nitrogen and oxygen atoms in total. The van der Waals surface area contributed by atoms with E-state index in [9.17, 15) is 4.79 Å². The zero-order valence-corrected chi connectivity index (χ0v) is 13.2. The fourth-order valence-corrected chi connectivity index (χ4v) is 3.26. The standard InChI is InChI=1S/C14H23N3O2S/c1-4-14(6-7-14)8-17-13-10(19-3)9(15)11(20-13)12(18)16-5-2/h17H,4-8,15H2,1-3H3,(H,16,18). The third-order valence-corrected chi connectivity index (χ3v) is 5.12. The number of nitrogens with two attached hydrogens (primary N) is 1. The summed E-state index contributed by atoms with van der Waals surface area (Å²) in [4.78, 5) is 12.5. The number of nitrogen functional groups attached to an aromatic ring is 1. The molecule has 2 rings (SSSR count). The Hall–Kier alpha value is -1.43. The van der Waals surface area contributed by atoms with Gasteiger partial charge in [-0.05, 0) is 31.6 Å². The maximum absolute atomic E-state index is 12.0. The van der Waals surface area contributed by atoms with E-state index in [-0.39, 0.29) is 5.91 Å². The van der Waals surface area contributed by atoms with Crippen LogP contribution in [0.25, 0.3) is 0 Å². The van der Waals surface area contributed by atoms with Crippen molar-refractivity contribution in [3.8, 4) is 5.75 Å². The fourth-order valence-electron chi connectivity index (χ4n) is 2.26. The maximum Gasteiger partial charge on any atom is 0.263 e. The van der Waals surface area contributed by atoms with Gasteiger partial charge in [-0.25, -0.2) is 0 Å². The second kappa shape index (κ2) is 5.91. The highest BCUT2D eigenvalue weighted by atomic mass is 32.1. The minimum atomic E-state index is -0.141. The SMILES string of the molecule is CCNC(=O)c1sc(NCC2(CC)CC2)c(OC)c1N. The van der Waals surface area contributed by atoms with Crippen molar-refractivity contribution in [2.24, 2.45) is 5.41 Å². The Morgan fingerprint density at radius 2 is 2.15 bits per heavy atom. The van der Waals surface area contributed by atoms with E-state index in [1.165, 1.54) is 30.6 Å². The van der Waals surface area contributed by atoms with Crippen LogP contribution in [0.2, 0.25) is 0 Å². The lowest BCUT2D eigenvalue weighted by Gasteiger charge is -2.14. The van der Waals surface area contributed by atoms with Gasteiger partial charge in [0.1, 0.15) is 15.6 Å². The number of nitrogens with one attached hydrogen (secondary N) is 2. The summed E-state index contributed by atoms with van der Waals surface area (Å²) in [7, 11) is 1.58. The molecule has 1 aliphatic carbocycles. The molecule has 0 atom stereocenters. The Morgan fingerprint density at radius 1 is 1.45 bits per heavy atom. The fraction of sp³-hybridized carbons (Fsp3) is 0.643. The first-order valence-corrected chi connectivity index (χ1v) is 7.87. The number of rotatable bonds is 7. The quantitative estimate of drug-likeness (QED) is 0.723. The van der Waals surface area contributed by atoms with Gasteiger partial charge in [0.2, 0.25) is 0 Å². The van der Waals surface area contributed by atoms with Crippen LogP contribution in [0, 0.1) is 5.41 Å². The predicted molar refractivity (Wildman–Crippen MR) is 83.7 cm³/mol. The van der Waals surface area contributed by atoms with E-state index in [1.54, 1.807) is 7.11 Å². The van der Waals surface area contributed by atoms with Crippen LogP contribution in [0.4, 0.5) is 10.7 Å². The Balaban J connectivity index is 2.15. The Morgan fingerprint density at radius 3 is 2.65 bits per heavy atom. The van der Waals surface area contributed by atoms with Crippen LogP contribution in [0.5, 0.6) is 5.75 Å². The van der Waals surface area contributed by atoms with E-state index in [1.807, 2.05) is 6.92 Å². The van der Waals surface area contributed by atoms with E-state index in [2.05, 4.69) is 17.6 Å². The van der Waals surface area contributed by atoms with Gasteiger partial charge in [0.15, 0.2) is 5.75 Å². The van der Waals surface area contributed by atoms with Gasteiger partial charge in [0, 0.05) is 13.1 Å². The lowest BCUT2D eigenvalue weighted by atomic mass is 10.0. The molecule has 1 aromatic rings. The highest BCUT2D eigenvalue weighted by Gasteiger charge is 2.40. The molecule has 0 spiro atoms. The molecule has 1 aromatic heterocycles. The third-order valence-electron chi connectivity index (χ3n) is 3.98. The first-order valence-electron chi connectivity index (χ1n) is 7.05. The Bertz CT molecular complexity index is 495. The van der Waals surface area contributed by atoms with Gasteiger partial charge in [0.05, 0.1) is 7.11 Å². The molecule has 1 saturated carbocycles. The van der Waals surface area contributed by atoms with Crippen molar-refractivity contribution in [3.63, 3.8) is 0 Å². The summed E-state index contributed by atoms with van der Waals surface area (Å²) in [5.41, 5.74) is 6.87. The van der Waals surface area contributed by atoms with Crippen molar-refractivity contribution >= 4 is 27.9 Å². The number of amides is 1. The van der Waals surface area contributed by atoms with Gasteiger partial charge in [-0.2, -0.15) is 0 Å². The molecule has 1 amide bonds. The first-order chi connectivity index (χ1) is 9.56. The van der Waals surface area contributed by atoms with E-state index in [4.69, 9.17) is 10.5 Å². The molecule has 0 aromatic carbocycles. The average Bonchev–Trinajstić information content (AvgIpc) is 3.15. The molecule has 1 heterocycles. The van der Waals surface area contributed by atoms with Crippen molar-refractivity contribution in [2.75, 3.05) is 31.2 Å². The molecule has 1 aliphatic rings. The summed E-state index contributed by atoms with van der Waals surface area (Å²) in [5, 5.41) is 7.03. The smallest absolute Gasteiger partial charge is 0.263 e. The van der Waals surface area contributed by atoms with Crippen molar-refractivity contribution in [3.05, 3.63) is 4.88 Å². The predicted octanol–water partition coefficient (Wildman–Crippen LogP) is 2.69. The Kier molecular flexibility index (Phi) is 4.42. The van der Waals surface area contributed by atoms with Crippen LogP contribution in [-0.4, -0.2) is 26.1 Å². The molecule has 6 heteroatoms. The molecule has 0 saturated heterocycles. The largest absolute Gasteiger partial charge is 0.492 e. The van der Waals surface area contributed by atoms with Gasteiger partial charge in [-0.3, -0.25) is 4.79 Å². The summed E-state index contributed by atoms with van der Waals surface area (Å²) < 4.78 is 5.35. The maximum atomic E-state index is 12.0. The zero-order valence-electron chi connectivity index (χ0n) is 12.3. The van der Waals surface area contributed by atoms with Crippen LogP contribution < -0.4 is 21.1 Å². The molecule has 0 unspecified atom stereocenters. The summed E-state index contributed by atoms with van der Waals surface area (Å²) in [6, 6.07) is 0.